The van der Waals surface area contributed by atoms with Crippen LogP contribution in [0.5, 0.6) is 0 Å². The fraction of sp³-hybridized carbons (Fsp3) is 0.200. The van der Waals surface area contributed by atoms with Gasteiger partial charge in [-0.15, -0.1) is 0 Å². The fourth-order valence-corrected chi connectivity index (χ4v) is 2.00. The molecule has 0 radical (unpaired) electrons. The second-order valence-electron chi connectivity index (χ2n) is 4.30. The molecule has 0 fully saturated rings. The Morgan fingerprint density at radius 3 is 2.00 bits per heavy atom. The van der Waals surface area contributed by atoms with E-state index in [4.69, 9.17) is 0 Å². The Balaban J connectivity index is 2.60. The first-order valence-electron chi connectivity index (χ1n) is 5.42. The SMILES string of the molecule is Cc1ccc(-c2c(C)cc(C)cc2F)cc1. The highest BCUT2D eigenvalue weighted by Gasteiger charge is 2.08. The molecule has 0 spiro atoms. The Hall–Kier alpha value is -1.63. The quantitative estimate of drug-likeness (QED) is 0.659. The van der Waals surface area contributed by atoms with Crippen LogP contribution in [0.3, 0.4) is 0 Å². The maximum absolute atomic E-state index is 13.9. The third-order valence-electron chi connectivity index (χ3n) is 2.77. The van der Waals surface area contributed by atoms with E-state index in [0.29, 0.717) is 5.56 Å². The van der Waals surface area contributed by atoms with Gasteiger partial charge in [0.25, 0.3) is 0 Å². The molecule has 16 heavy (non-hydrogen) atoms. The van der Waals surface area contributed by atoms with Gasteiger partial charge in [-0.1, -0.05) is 35.9 Å². The summed E-state index contributed by atoms with van der Waals surface area (Å²) in [6, 6.07) is 11.6. The normalized spacial score (nSPS) is 10.5. The molecule has 0 nitrogen and oxygen atoms in total. The Labute approximate surface area is 95.7 Å². The predicted octanol–water partition coefficient (Wildman–Crippen LogP) is 4.42. The van der Waals surface area contributed by atoms with E-state index in [-0.39, 0.29) is 5.82 Å². The van der Waals surface area contributed by atoms with E-state index < -0.39 is 0 Å². The smallest absolute Gasteiger partial charge is 0.131 e. The lowest BCUT2D eigenvalue weighted by molar-refractivity contribution is 0.629. The van der Waals surface area contributed by atoms with Crippen LogP contribution in [-0.4, -0.2) is 0 Å². The van der Waals surface area contributed by atoms with Crippen molar-refractivity contribution in [1.29, 1.82) is 0 Å². The monoisotopic (exact) mass is 214 g/mol. The summed E-state index contributed by atoms with van der Waals surface area (Å²) in [5, 5.41) is 0. The van der Waals surface area contributed by atoms with E-state index >= 15 is 0 Å². The van der Waals surface area contributed by atoms with E-state index in [1.807, 2.05) is 51.1 Å². The highest BCUT2D eigenvalue weighted by Crippen LogP contribution is 2.27. The van der Waals surface area contributed by atoms with E-state index in [0.717, 1.165) is 16.7 Å². The lowest BCUT2D eigenvalue weighted by Crippen LogP contribution is -1.90. The van der Waals surface area contributed by atoms with E-state index in [9.17, 15) is 4.39 Å². The second-order valence-corrected chi connectivity index (χ2v) is 4.30. The van der Waals surface area contributed by atoms with Gasteiger partial charge in [0.05, 0.1) is 0 Å². The highest BCUT2D eigenvalue weighted by molar-refractivity contribution is 5.68. The van der Waals surface area contributed by atoms with Crippen LogP contribution in [0.25, 0.3) is 11.1 Å². The molecule has 0 saturated heterocycles. The summed E-state index contributed by atoms with van der Waals surface area (Å²) in [5.41, 5.74) is 4.80. The molecule has 0 aliphatic carbocycles. The van der Waals surface area contributed by atoms with E-state index in [2.05, 4.69) is 0 Å². The third kappa shape index (κ3) is 1.99. The Kier molecular flexibility index (Phi) is 2.78. The molecular formula is C15H15F. The van der Waals surface area contributed by atoms with Gasteiger partial charge in [-0.25, -0.2) is 4.39 Å². The van der Waals surface area contributed by atoms with Crippen LogP contribution in [0.15, 0.2) is 36.4 Å². The van der Waals surface area contributed by atoms with Crippen molar-refractivity contribution in [2.45, 2.75) is 20.8 Å². The zero-order valence-electron chi connectivity index (χ0n) is 9.84. The van der Waals surface area contributed by atoms with Gasteiger partial charge >= 0.3 is 0 Å². The minimum atomic E-state index is -0.138. The number of benzene rings is 2. The van der Waals surface area contributed by atoms with Gasteiger partial charge in [0, 0.05) is 5.56 Å². The molecule has 1 heteroatoms. The van der Waals surface area contributed by atoms with Crippen LogP contribution < -0.4 is 0 Å². The largest absolute Gasteiger partial charge is 0.206 e. The molecule has 2 aromatic carbocycles. The second kappa shape index (κ2) is 4.09. The molecule has 0 saturated carbocycles. The molecule has 0 aliphatic rings. The maximum Gasteiger partial charge on any atom is 0.131 e. The number of halogens is 1. The van der Waals surface area contributed by atoms with Gasteiger partial charge < -0.3 is 0 Å². The number of rotatable bonds is 1. The molecule has 0 N–H and O–H groups in total. The van der Waals surface area contributed by atoms with Crippen molar-refractivity contribution in [3.63, 3.8) is 0 Å². The molecule has 2 rings (SSSR count). The summed E-state index contributed by atoms with van der Waals surface area (Å²) in [6.07, 6.45) is 0. The first-order valence-corrected chi connectivity index (χ1v) is 5.42. The third-order valence-corrected chi connectivity index (χ3v) is 2.77. The number of hydrogen-bond donors (Lipinski definition) is 0. The van der Waals surface area contributed by atoms with Crippen molar-refractivity contribution in [3.05, 3.63) is 58.9 Å². The molecule has 2 aromatic rings. The van der Waals surface area contributed by atoms with E-state index in [1.54, 1.807) is 6.07 Å². The summed E-state index contributed by atoms with van der Waals surface area (Å²) < 4.78 is 13.9. The average Bonchev–Trinajstić information content (AvgIpc) is 2.19. The minimum absolute atomic E-state index is 0.138. The molecule has 0 aliphatic heterocycles. The Morgan fingerprint density at radius 1 is 0.812 bits per heavy atom. The topological polar surface area (TPSA) is 0 Å². The van der Waals surface area contributed by atoms with Crippen molar-refractivity contribution in [2.75, 3.05) is 0 Å². The zero-order chi connectivity index (χ0) is 11.7. The van der Waals surface area contributed by atoms with Gasteiger partial charge in [-0.2, -0.15) is 0 Å². The predicted molar refractivity (Wildman–Crippen MR) is 66.0 cm³/mol. The molecule has 0 bridgehead atoms. The van der Waals surface area contributed by atoms with Crippen LogP contribution >= 0.6 is 0 Å². The van der Waals surface area contributed by atoms with Crippen molar-refractivity contribution < 1.29 is 4.39 Å². The molecule has 0 atom stereocenters. The van der Waals surface area contributed by atoms with Crippen molar-refractivity contribution in [3.8, 4) is 11.1 Å². The summed E-state index contributed by atoms with van der Waals surface area (Å²) >= 11 is 0. The van der Waals surface area contributed by atoms with Gasteiger partial charge in [0.2, 0.25) is 0 Å². The lowest BCUT2D eigenvalue weighted by atomic mass is 9.97. The fourth-order valence-electron chi connectivity index (χ4n) is 2.00. The molecule has 0 aromatic heterocycles. The minimum Gasteiger partial charge on any atom is -0.206 e. The molecular weight excluding hydrogens is 199 g/mol. The first-order chi connectivity index (χ1) is 7.58. The number of aryl methyl sites for hydroxylation is 3. The summed E-state index contributed by atoms with van der Waals surface area (Å²) in [7, 11) is 0. The standard InChI is InChI=1S/C15H15F/c1-10-4-6-13(7-5-10)15-12(3)8-11(2)9-14(15)16/h4-9H,1-3H3. The van der Waals surface area contributed by atoms with Gasteiger partial charge in [-0.3, -0.25) is 0 Å². The van der Waals surface area contributed by atoms with Crippen LogP contribution in [-0.2, 0) is 0 Å². The van der Waals surface area contributed by atoms with Crippen molar-refractivity contribution in [1.82, 2.24) is 0 Å². The van der Waals surface area contributed by atoms with Gasteiger partial charge in [0.15, 0.2) is 0 Å². The number of hydrogen-bond acceptors (Lipinski definition) is 0. The maximum atomic E-state index is 13.9. The summed E-state index contributed by atoms with van der Waals surface area (Å²) in [5.74, 6) is -0.138. The molecule has 0 unspecified atom stereocenters. The first kappa shape index (κ1) is 10.9. The van der Waals surface area contributed by atoms with Crippen LogP contribution in [0, 0.1) is 26.6 Å². The van der Waals surface area contributed by atoms with Crippen LogP contribution in [0.1, 0.15) is 16.7 Å². The summed E-state index contributed by atoms with van der Waals surface area (Å²) in [4.78, 5) is 0. The van der Waals surface area contributed by atoms with Crippen LogP contribution in [0.4, 0.5) is 4.39 Å². The van der Waals surface area contributed by atoms with Crippen molar-refractivity contribution >= 4 is 0 Å². The molecule has 0 heterocycles. The molecule has 82 valence electrons. The zero-order valence-corrected chi connectivity index (χ0v) is 9.84. The van der Waals surface area contributed by atoms with Gasteiger partial charge in [-0.05, 0) is 43.5 Å². The van der Waals surface area contributed by atoms with Crippen molar-refractivity contribution in [2.24, 2.45) is 0 Å². The van der Waals surface area contributed by atoms with Crippen LogP contribution in [0.2, 0.25) is 0 Å². The Bertz CT molecular complexity index is 486. The Morgan fingerprint density at radius 2 is 1.44 bits per heavy atom. The lowest BCUT2D eigenvalue weighted by Gasteiger charge is -2.09. The summed E-state index contributed by atoms with van der Waals surface area (Å²) in [6.45, 7) is 5.89. The average molecular weight is 214 g/mol. The van der Waals surface area contributed by atoms with Gasteiger partial charge in [0.1, 0.15) is 5.82 Å². The van der Waals surface area contributed by atoms with E-state index in [1.165, 1.54) is 5.56 Å². The molecule has 0 amide bonds. The highest BCUT2D eigenvalue weighted by atomic mass is 19.1.